The third-order valence-electron chi connectivity index (χ3n) is 5.46. The third kappa shape index (κ3) is 4.13. The standard InChI is InChI=1S/C22H23F2N3O3/c1-12-7-15(9-16(8-12)30-11-19(23)24)13(2)27-10-18-17(22(27)29)5-6-25-20(18)26-21(28)14-3-4-14/h5-9,13-14,19H,3-4,10-11H2,1-2H3,(H,25,26,28). The highest BCUT2D eigenvalue weighted by Crippen LogP contribution is 2.36. The molecular weight excluding hydrogens is 392 g/mol. The topological polar surface area (TPSA) is 71.5 Å². The molecule has 1 saturated carbocycles. The number of hydrogen-bond acceptors (Lipinski definition) is 4. The van der Waals surface area contributed by atoms with E-state index in [4.69, 9.17) is 4.74 Å². The predicted molar refractivity (Wildman–Crippen MR) is 107 cm³/mol. The SMILES string of the molecule is Cc1cc(OCC(F)F)cc(C(C)N2Cc3c(ccnc3NC(=O)C3CC3)C2=O)c1. The van der Waals surface area contributed by atoms with Gasteiger partial charge >= 0.3 is 0 Å². The van der Waals surface area contributed by atoms with Crippen LogP contribution in [-0.4, -0.2) is 34.7 Å². The van der Waals surface area contributed by atoms with Gasteiger partial charge in [0.25, 0.3) is 12.3 Å². The summed E-state index contributed by atoms with van der Waals surface area (Å²) in [5, 5.41) is 2.85. The van der Waals surface area contributed by atoms with Gasteiger partial charge in [0, 0.05) is 23.2 Å². The molecule has 1 aliphatic carbocycles. The number of ether oxygens (including phenoxy) is 1. The number of rotatable bonds is 7. The summed E-state index contributed by atoms with van der Waals surface area (Å²) in [5.74, 6) is 0.597. The van der Waals surface area contributed by atoms with Crippen LogP contribution in [0.2, 0.25) is 0 Å². The summed E-state index contributed by atoms with van der Waals surface area (Å²) in [6.45, 7) is 3.36. The first kappa shape index (κ1) is 20.3. The molecule has 0 bridgehead atoms. The van der Waals surface area contributed by atoms with Crippen molar-refractivity contribution in [2.75, 3.05) is 11.9 Å². The number of halogens is 2. The smallest absolute Gasteiger partial charge is 0.272 e. The number of aryl methyl sites for hydroxylation is 1. The molecule has 1 aromatic heterocycles. The number of alkyl halides is 2. The highest BCUT2D eigenvalue weighted by Gasteiger charge is 2.35. The van der Waals surface area contributed by atoms with Crippen molar-refractivity contribution in [3.05, 3.63) is 52.7 Å². The molecule has 4 rings (SSSR count). The number of nitrogens with zero attached hydrogens (tertiary/aromatic N) is 2. The second-order valence-corrected chi connectivity index (χ2v) is 7.84. The van der Waals surface area contributed by atoms with E-state index in [9.17, 15) is 18.4 Å². The van der Waals surface area contributed by atoms with Crippen molar-refractivity contribution in [3.63, 3.8) is 0 Å². The molecule has 1 aliphatic heterocycles. The molecule has 0 spiro atoms. The molecule has 0 saturated heterocycles. The Labute approximate surface area is 173 Å². The molecule has 2 aliphatic rings. The number of pyridine rings is 1. The fourth-order valence-electron chi connectivity index (χ4n) is 3.67. The molecule has 2 heterocycles. The zero-order chi connectivity index (χ0) is 21.4. The van der Waals surface area contributed by atoms with Gasteiger partial charge in [0.1, 0.15) is 18.2 Å². The summed E-state index contributed by atoms with van der Waals surface area (Å²) in [7, 11) is 0. The lowest BCUT2D eigenvalue weighted by atomic mass is 10.0. The zero-order valence-corrected chi connectivity index (χ0v) is 16.8. The van der Waals surface area contributed by atoms with E-state index in [0.29, 0.717) is 29.2 Å². The summed E-state index contributed by atoms with van der Waals surface area (Å²) >= 11 is 0. The van der Waals surface area contributed by atoms with Gasteiger partial charge in [-0.15, -0.1) is 0 Å². The van der Waals surface area contributed by atoms with Gasteiger partial charge in [0.05, 0.1) is 12.6 Å². The van der Waals surface area contributed by atoms with Crippen LogP contribution in [0.1, 0.15) is 52.9 Å². The van der Waals surface area contributed by atoms with Crippen LogP contribution < -0.4 is 10.1 Å². The van der Waals surface area contributed by atoms with Crippen LogP contribution in [0.3, 0.4) is 0 Å². The van der Waals surface area contributed by atoms with E-state index in [0.717, 1.165) is 24.0 Å². The van der Waals surface area contributed by atoms with Crippen molar-refractivity contribution in [1.82, 2.24) is 9.88 Å². The molecule has 1 aromatic carbocycles. The lowest BCUT2D eigenvalue weighted by Gasteiger charge is -2.25. The molecule has 6 nitrogen and oxygen atoms in total. The van der Waals surface area contributed by atoms with Crippen molar-refractivity contribution >= 4 is 17.6 Å². The molecule has 158 valence electrons. The van der Waals surface area contributed by atoms with Gasteiger partial charge in [-0.1, -0.05) is 6.07 Å². The molecule has 1 N–H and O–H groups in total. The molecule has 0 radical (unpaired) electrons. The molecule has 1 atom stereocenters. The number of fused-ring (bicyclic) bond motifs is 1. The monoisotopic (exact) mass is 415 g/mol. The van der Waals surface area contributed by atoms with Gasteiger partial charge in [-0.3, -0.25) is 9.59 Å². The molecular formula is C22H23F2N3O3. The number of carbonyl (C=O) groups excluding carboxylic acids is 2. The highest BCUT2D eigenvalue weighted by atomic mass is 19.3. The number of nitrogens with one attached hydrogen (secondary N) is 1. The van der Waals surface area contributed by atoms with E-state index in [2.05, 4.69) is 10.3 Å². The normalized spacial score (nSPS) is 16.6. The fraction of sp³-hybridized carbons (Fsp3) is 0.409. The lowest BCUT2D eigenvalue weighted by Crippen LogP contribution is -2.27. The number of hydrogen-bond donors (Lipinski definition) is 1. The van der Waals surface area contributed by atoms with Crippen LogP contribution in [-0.2, 0) is 11.3 Å². The second kappa shape index (κ2) is 8.01. The van der Waals surface area contributed by atoms with E-state index in [1.165, 1.54) is 6.20 Å². The molecule has 2 aromatic rings. The first-order valence-electron chi connectivity index (χ1n) is 9.95. The highest BCUT2D eigenvalue weighted by molar-refractivity contribution is 6.02. The predicted octanol–water partition coefficient (Wildman–Crippen LogP) is 4.10. The summed E-state index contributed by atoms with van der Waals surface area (Å²) in [5.41, 5.74) is 2.86. The Morgan fingerprint density at radius 3 is 2.80 bits per heavy atom. The first-order valence-corrected chi connectivity index (χ1v) is 9.95. The number of aromatic nitrogens is 1. The Hall–Kier alpha value is -3.03. The maximum absolute atomic E-state index is 13.0. The molecule has 1 fully saturated rings. The minimum absolute atomic E-state index is 0.0359. The fourth-order valence-corrected chi connectivity index (χ4v) is 3.67. The average molecular weight is 415 g/mol. The minimum atomic E-state index is -2.56. The maximum atomic E-state index is 13.0. The minimum Gasteiger partial charge on any atom is -0.488 e. The Morgan fingerprint density at radius 1 is 1.33 bits per heavy atom. The number of carbonyl (C=O) groups is 2. The largest absolute Gasteiger partial charge is 0.488 e. The van der Waals surface area contributed by atoms with Gasteiger partial charge < -0.3 is 15.0 Å². The van der Waals surface area contributed by atoms with E-state index in [1.54, 1.807) is 23.1 Å². The Morgan fingerprint density at radius 2 is 2.10 bits per heavy atom. The number of benzene rings is 1. The van der Waals surface area contributed by atoms with Crippen molar-refractivity contribution in [1.29, 1.82) is 0 Å². The van der Waals surface area contributed by atoms with E-state index in [-0.39, 0.29) is 23.8 Å². The number of anilines is 1. The molecule has 8 heteroatoms. The molecule has 2 amide bonds. The van der Waals surface area contributed by atoms with Crippen LogP contribution in [0, 0.1) is 12.8 Å². The van der Waals surface area contributed by atoms with Crippen molar-refractivity contribution in [2.24, 2.45) is 5.92 Å². The quantitative estimate of drug-likeness (QED) is 0.739. The summed E-state index contributed by atoms with van der Waals surface area (Å²) in [6, 6.07) is 6.62. The number of amides is 2. The Kier molecular flexibility index (Phi) is 5.40. The van der Waals surface area contributed by atoms with E-state index in [1.807, 2.05) is 19.9 Å². The second-order valence-electron chi connectivity index (χ2n) is 7.84. The molecule has 30 heavy (non-hydrogen) atoms. The van der Waals surface area contributed by atoms with Crippen molar-refractivity contribution < 1.29 is 23.1 Å². The van der Waals surface area contributed by atoms with Gasteiger partial charge in [-0.25, -0.2) is 13.8 Å². The van der Waals surface area contributed by atoms with Crippen LogP contribution >= 0.6 is 0 Å². The van der Waals surface area contributed by atoms with Gasteiger partial charge in [0.2, 0.25) is 5.91 Å². The molecule has 1 unspecified atom stereocenters. The first-order chi connectivity index (χ1) is 14.3. The van der Waals surface area contributed by atoms with E-state index < -0.39 is 13.0 Å². The summed E-state index contributed by atoms with van der Waals surface area (Å²) < 4.78 is 30.2. The summed E-state index contributed by atoms with van der Waals surface area (Å²) in [6.07, 6.45) is 0.729. The van der Waals surface area contributed by atoms with Crippen molar-refractivity contribution in [3.8, 4) is 5.75 Å². The van der Waals surface area contributed by atoms with Crippen LogP contribution in [0.4, 0.5) is 14.6 Å². The van der Waals surface area contributed by atoms with Crippen LogP contribution in [0.15, 0.2) is 30.5 Å². The summed E-state index contributed by atoms with van der Waals surface area (Å²) in [4.78, 5) is 31.2. The average Bonchev–Trinajstić information content (AvgIpc) is 3.50. The van der Waals surface area contributed by atoms with Crippen LogP contribution in [0.5, 0.6) is 5.75 Å². The van der Waals surface area contributed by atoms with Gasteiger partial charge in [0.15, 0.2) is 0 Å². The van der Waals surface area contributed by atoms with Crippen molar-refractivity contribution in [2.45, 2.75) is 45.7 Å². The van der Waals surface area contributed by atoms with E-state index >= 15 is 0 Å². The Balaban J connectivity index is 1.56. The third-order valence-corrected chi connectivity index (χ3v) is 5.46. The zero-order valence-electron chi connectivity index (χ0n) is 16.8. The lowest BCUT2D eigenvalue weighted by molar-refractivity contribution is -0.117. The van der Waals surface area contributed by atoms with Gasteiger partial charge in [-0.05, 0) is 56.0 Å². The maximum Gasteiger partial charge on any atom is 0.272 e. The Bertz CT molecular complexity index is 992. The van der Waals surface area contributed by atoms with Crippen LogP contribution in [0.25, 0.3) is 0 Å². The van der Waals surface area contributed by atoms with Gasteiger partial charge in [-0.2, -0.15) is 0 Å².